The van der Waals surface area contributed by atoms with Crippen LogP contribution in [0.15, 0.2) is 78.1 Å². The third-order valence-electron chi connectivity index (χ3n) is 6.96. The summed E-state index contributed by atoms with van der Waals surface area (Å²) in [7, 11) is 0. The van der Waals surface area contributed by atoms with Crippen LogP contribution in [0.3, 0.4) is 0 Å². The summed E-state index contributed by atoms with van der Waals surface area (Å²) in [6, 6.07) is 18.5. The van der Waals surface area contributed by atoms with Gasteiger partial charge in [0.05, 0.1) is 22.9 Å². The topological polar surface area (TPSA) is 69.9 Å². The van der Waals surface area contributed by atoms with Crippen molar-refractivity contribution >= 4 is 21.7 Å². The predicted molar refractivity (Wildman–Crippen MR) is 138 cm³/mol. The quantitative estimate of drug-likeness (QED) is 0.341. The summed E-state index contributed by atoms with van der Waals surface area (Å²) in [6.07, 6.45) is 7.72. The van der Waals surface area contributed by atoms with E-state index in [9.17, 15) is 4.79 Å². The van der Waals surface area contributed by atoms with Crippen molar-refractivity contribution in [3.8, 4) is 11.3 Å². The van der Waals surface area contributed by atoms with E-state index in [1.165, 1.54) is 0 Å². The van der Waals surface area contributed by atoms with Gasteiger partial charge in [0.15, 0.2) is 0 Å². The fourth-order valence-corrected chi connectivity index (χ4v) is 5.12. The van der Waals surface area contributed by atoms with Crippen molar-refractivity contribution < 1.29 is 4.74 Å². The number of rotatable bonds is 4. The smallest absolute Gasteiger partial charge is 0.261 e. The van der Waals surface area contributed by atoms with E-state index in [0.717, 1.165) is 57.2 Å². The van der Waals surface area contributed by atoms with E-state index in [1.54, 1.807) is 17.1 Å². The van der Waals surface area contributed by atoms with Crippen LogP contribution >= 0.6 is 0 Å². The average Bonchev–Trinajstić information content (AvgIpc) is 2.90. The molecule has 0 radical (unpaired) electrons. The third kappa shape index (κ3) is 4.00. The van der Waals surface area contributed by atoms with E-state index in [4.69, 9.17) is 9.72 Å². The van der Waals surface area contributed by atoms with Crippen LogP contribution in [-0.2, 0) is 11.2 Å². The second kappa shape index (κ2) is 9.04. The zero-order chi connectivity index (χ0) is 23.8. The van der Waals surface area contributed by atoms with Crippen LogP contribution in [0.1, 0.15) is 35.7 Å². The van der Waals surface area contributed by atoms with Crippen molar-refractivity contribution in [3.05, 3.63) is 100 Å². The largest absolute Gasteiger partial charge is 0.381 e. The molecule has 0 N–H and O–H groups in total. The Bertz CT molecular complexity index is 1600. The van der Waals surface area contributed by atoms with Crippen molar-refractivity contribution in [1.82, 2.24) is 19.5 Å². The minimum atomic E-state index is 0.0234. The van der Waals surface area contributed by atoms with Crippen molar-refractivity contribution in [2.24, 2.45) is 0 Å². The lowest BCUT2D eigenvalue weighted by Crippen LogP contribution is -2.29. The zero-order valence-corrected chi connectivity index (χ0v) is 19.6. The highest BCUT2D eigenvalue weighted by Gasteiger charge is 2.19. The molecule has 0 atom stereocenters. The Morgan fingerprint density at radius 3 is 2.57 bits per heavy atom. The molecule has 0 amide bonds. The molecule has 0 saturated carbocycles. The van der Waals surface area contributed by atoms with Gasteiger partial charge < -0.3 is 4.74 Å². The minimum Gasteiger partial charge on any atom is -0.381 e. The van der Waals surface area contributed by atoms with Crippen molar-refractivity contribution in [2.45, 2.75) is 32.2 Å². The number of aryl methyl sites for hydroxylation is 1. The number of hydrogen-bond donors (Lipinski definition) is 0. The molecule has 0 unspecified atom stereocenters. The molecule has 35 heavy (non-hydrogen) atoms. The number of ether oxygens (including phenoxy) is 1. The van der Waals surface area contributed by atoms with Crippen molar-refractivity contribution in [1.29, 1.82) is 0 Å². The van der Waals surface area contributed by atoms with E-state index in [1.807, 2.05) is 49.5 Å². The number of fused-ring (bicyclic) bond motifs is 3. The van der Waals surface area contributed by atoms with Gasteiger partial charge in [0, 0.05) is 48.3 Å². The van der Waals surface area contributed by atoms with Gasteiger partial charge in [-0.2, -0.15) is 0 Å². The first-order chi connectivity index (χ1) is 17.2. The normalized spacial score (nSPS) is 14.5. The minimum absolute atomic E-state index is 0.0234. The number of pyridine rings is 2. The van der Waals surface area contributed by atoms with Crippen LogP contribution in [0.2, 0.25) is 0 Å². The summed E-state index contributed by atoms with van der Waals surface area (Å²) in [6.45, 7) is 3.36. The summed E-state index contributed by atoms with van der Waals surface area (Å²) < 4.78 is 7.30. The Balaban J connectivity index is 1.47. The highest BCUT2D eigenvalue weighted by molar-refractivity contribution is 6.06. The molecular formula is C29H26N4O2. The average molecular weight is 463 g/mol. The number of aromatic nitrogens is 4. The SMILES string of the molecule is Cc1ncccc1-c1cc(Cc2cc3c(=O)n(C4CCOCC4)cnc3c3ccccc23)ccn1. The molecule has 1 saturated heterocycles. The van der Waals surface area contributed by atoms with Gasteiger partial charge in [0.25, 0.3) is 5.56 Å². The lowest BCUT2D eigenvalue weighted by atomic mass is 9.95. The van der Waals surface area contributed by atoms with E-state index in [2.05, 4.69) is 28.2 Å². The molecule has 0 spiro atoms. The number of benzene rings is 2. The summed E-state index contributed by atoms with van der Waals surface area (Å²) in [5, 5.41) is 2.80. The molecule has 2 aromatic carbocycles. The van der Waals surface area contributed by atoms with Crippen LogP contribution < -0.4 is 5.56 Å². The molecule has 6 heteroatoms. The first-order valence-corrected chi connectivity index (χ1v) is 12.0. The van der Waals surface area contributed by atoms with Crippen LogP contribution in [-0.4, -0.2) is 32.7 Å². The standard InChI is InChI=1S/C29H26N4O2/c1-19-23(7-4-11-30-19)27-16-20(8-12-31-27)15-21-17-26-28(25-6-3-2-5-24(21)25)32-18-33(29(26)34)22-9-13-35-14-10-22/h2-8,11-12,16-18,22H,9-10,13-15H2,1H3. The highest BCUT2D eigenvalue weighted by Crippen LogP contribution is 2.29. The molecule has 5 aromatic rings. The lowest BCUT2D eigenvalue weighted by Gasteiger charge is -2.24. The van der Waals surface area contributed by atoms with Gasteiger partial charge in [-0.3, -0.25) is 19.3 Å². The highest BCUT2D eigenvalue weighted by atomic mass is 16.5. The Morgan fingerprint density at radius 2 is 1.74 bits per heavy atom. The summed E-state index contributed by atoms with van der Waals surface area (Å²) >= 11 is 0. The van der Waals surface area contributed by atoms with E-state index in [-0.39, 0.29) is 11.6 Å². The number of hydrogen-bond acceptors (Lipinski definition) is 5. The van der Waals surface area contributed by atoms with Crippen LogP contribution in [0.25, 0.3) is 32.9 Å². The van der Waals surface area contributed by atoms with Gasteiger partial charge in [0.1, 0.15) is 0 Å². The monoisotopic (exact) mass is 462 g/mol. The van der Waals surface area contributed by atoms with Crippen molar-refractivity contribution in [2.75, 3.05) is 13.2 Å². The van der Waals surface area contributed by atoms with Crippen molar-refractivity contribution in [3.63, 3.8) is 0 Å². The van der Waals surface area contributed by atoms with Gasteiger partial charge in [-0.15, -0.1) is 0 Å². The van der Waals surface area contributed by atoms with Gasteiger partial charge in [-0.25, -0.2) is 4.98 Å². The maximum Gasteiger partial charge on any atom is 0.261 e. The maximum atomic E-state index is 13.6. The molecule has 1 fully saturated rings. The Hall–Kier alpha value is -3.90. The van der Waals surface area contributed by atoms with Gasteiger partial charge in [-0.05, 0) is 73.0 Å². The number of nitrogens with zero attached hydrogens (tertiary/aromatic N) is 4. The molecule has 1 aliphatic heterocycles. The molecule has 3 aromatic heterocycles. The lowest BCUT2D eigenvalue weighted by molar-refractivity contribution is 0.0685. The Kier molecular flexibility index (Phi) is 5.58. The second-order valence-electron chi connectivity index (χ2n) is 9.14. The molecular weight excluding hydrogens is 436 g/mol. The van der Waals surface area contributed by atoms with E-state index >= 15 is 0 Å². The summed E-state index contributed by atoms with van der Waals surface area (Å²) in [5.41, 5.74) is 5.92. The second-order valence-corrected chi connectivity index (χ2v) is 9.14. The van der Waals surface area contributed by atoms with E-state index in [0.29, 0.717) is 25.0 Å². The van der Waals surface area contributed by atoms with E-state index < -0.39 is 0 Å². The summed E-state index contributed by atoms with van der Waals surface area (Å²) in [4.78, 5) is 27.4. The van der Waals surface area contributed by atoms with Crippen LogP contribution in [0, 0.1) is 6.92 Å². The molecule has 1 aliphatic rings. The van der Waals surface area contributed by atoms with Crippen LogP contribution in [0.4, 0.5) is 0 Å². The predicted octanol–water partition coefficient (Wildman–Crippen LogP) is 5.26. The third-order valence-corrected chi connectivity index (χ3v) is 6.96. The first-order valence-electron chi connectivity index (χ1n) is 12.0. The van der Waals surface area contributed by atoms with Gasteiger partial charge >= 0.3 is 0 Å². The molecule has 4 heterocycles. The maximum absolute atomic E-state index is 13.6. The molecule has 6 nitrogen and oxygen atoms in total. The van der Waals surface area contributed by atoms with Gasteiger partial charge in [-0.1, -0.05) is 24.3 Å². The zero-order valence-electron chi connectivity index (χ0n) is 19.6. The Labute approximate surface area is 203 Å². The molecule has 174 valence electrons. The molecule has 0 bridgehead atoms. The first kappa shape index (κ1) is 21.6. The fraction of sp³-hybridized carbons (Fsp3) is 0.241. The molecule has 6 rings (SSSR count). The summed E-state index contributed by atoms with van der Waals surface area (Å²) in [5.74, 6) is 0. The molecule has 0 aliphatic carbocycles. The van der Waals surface area contributed by atoms with Crippen LogP contribution in [0.5, 0.6) is 0 Å². The fourth-order valence-electron chi connectivity index (χ4n) is 5.12. The van der Waals surface area contributed by atoms with Gasteiger partial charge in [0.2, 0.25) is 0 Å². The Morgan fingerprint density at radius 1 is 0.914 bits per heavy atom.